The number of benzene rings is 1. The first kappa shape index (κ1) is 15.1. The van der Waals surface area contributed by atoms with E-state index in [9.17, 15) is 0 Å². The average Bonchev–Trinajstić information content (AvgIpc) is 2.94. The minimum Gasteiger partial charge on any atom is -0.370 e. The van der Waals surface area contributed by atoms with Crippen molar-refractivity contribution >= 4 is 5.82 Å². The highest BCUT2D eigenvalue weighted by Gasteiger charge is 2.20. The van der Waals surface area contributed by atoms with Crippen molar-refractivity contribution < 1.29 is 0 Å². The van der Waals surface area contributed by atoms with Crippen LogP contribution in [0, 0.1) is 0 Å². The summed E-state index contributed by atoms with van der Waals surface area (Å²) in [4.78, 5) is 0. The van der Waals surface area contributed by atoms with Crippen molar-refractivity contribution in [1.82, 2.24) is 9.78 Å². The molecule has 0 saturated heterocycles. The smallest absolute Gasteiger partial charge is 0.133 e. The van der Waals surface area contributed by atoms with Gasteiger partial charge in [0.05, 0.1) is 11.4 Å². The Morgan fingerprint density at radius 2 is 1.86 bits per heavy atom. The summed E-state index contributed by atoms with van der Waals surface area (Å²) in [7, 11) is 0. The Balaban J connectivity index is 1.81. The van der Waals surface area contributed by atoms with Gasteiger partial charge in [-0.15, -0.1) is 0 Å². The van der Waals surface area contributed by atoms with E-state index in [1.165, 1.54) is 62.0 Å². The summed E-state index contributed by atoms with van der Waals surface area (Å²) in [5.74, 6) is 1.23. The van der Waals surface area contributed by atoms with E-state index >= 15 is 0 Å². The Morgan fingerprint density at radius 3 is 2.68 bits per heavy atom. The topological polar surface area (TPSA) is 29.9 Å². The lowest BCUT2D eigenvalue weighted by Crippen LogP contribution is -2.10. The molecule has 3 rings (SSSR count). The Morgan fingerprint density at radius 1 is 1.05 bits per heavy atom. The molecular weight excluding hydrogens is 270 g/mol. The van der Waals surface area contributed by atoms with Gasteiger partial charge in [-0.2, -0.15) is 5.10 Å². The van der Waals surface area contributed by atoms with Gasteiger partial charge in [-0.05, 0) is 44.2 Å². The Hall–Kier alpha value is -1.77. The molecule has 2 aromatic rings. The van der Waals surface area contributed by atoms with Gasteiger partial charge in [-0.1, -0.05) is 44.4 Å². The van der Waals surface area contributed by atoms with Gasteiger partial charge in [0.25, 0.3) is 0 Å². The maximum atomic E-state index is 4.89. The van der Waals surface area contributed by atoms with Crippen molar-refractivity contribution in [1.29, 1.82) is 0 Å². The minimum atomic E-state index is 1.05. The van der Waals surface area contributed by atoms with E-state index in [2.05, 4.69) is 47.3 Å². The molecule has 0 fully saturated rings. The first-order valence-electron chi connectivity index (χ1n) is 8.80. The lowest BCUT2D eigenvalue weighted by molar-refractivity contribution is 0.671. The van der Waals surface area contributed by atoms with Gasteiger partial charge in [-0.25, -0.2) is 4.68 Å². The first-order valence-corrected chi connectivity index (χ1v) is 8.80. The number of aryl methyl sites for hydroxylation is 1. The standard InChI is InChI=1S/C19H27N3/c1-2-3-4-10-15-20-19-17-13-8-9-14-18(17)21-22(19)16-11-6-5-7-12-16/h5-7,11-12,20H,2-4,8-10,13-15H2,1H3. The second kappa shape index (κ2) is 7.48. The zero-order chi connectivity index (χ0) is 15.2. The van der Waals surface area contributed by atoms with E-state index in [0.717, 1.165) is 18.7 Å². The summed E-state index contributed by atoms with van der Waals surface area (Å²) < 4.78 is 2.12. The number of nitrogens with one attached hydrogen (secondary N) is 1. The summed E-state index contributed by atoms with van der Waals surface area (Å²) in [6, 6.07) is 10.5. The van der Waals surface area contributed by atoms with Crippen LogP contribution in [0.3, 0.4) is 0 Å². The third-order valence-electron chi connectivity index (χ3n) is 4.48. The quantitative estimate of drug-likeness (QED) is 0.748. The molecule has 1 aliphatic carbocycles. The molecule has 1 aromatic carbocycles. The molecular formula is C19H27N3. The second-order valence-electron chi connectivity index (χ2n) is 6.22. The number of nitrogens with zero attached hydrogens (tertiary/aromatic N) is 2. The first-order chi connectivity index (χ1) is 10.9. The lowest BCUT2D eigenvalue weighted by atomic mass is 9.97. The van der Waals surface area contributed by atoms with Gasteiger partial charge in [0.1, 0.15) is 5.82 Å². The van der Waals surface area contributed by atoms with E-state index in [1.807, 2.05) is 0 Å². The van der Waals surface area contributed by atoms with Crippen molar-refractivity contribution in [2.75, 3.05) is 11.9 Å². The molecule has 1 heterocycles. The van der Waals surface area contributed by atoms with E-state index in [1.54, 1.807) is 0 Å². The van der Waals surface area contributed by atoms with Gasteiger partial charge in [-0.3, -0.25) is 0 Å². The highest BCUT2D eigenvalue weighted by Crippen LogP contribution is 2.30. The van der Waals surface area contributed by atoms with Crippen molar-refractivity contribution in [3.63, 3.8) is 0 Å². The second-order valence-corrected chi connectivity index (χ2v) is 6.22. The third kappa shape index (κ3) is 3.34. The van der Waals surface area contributed by atoms with Crippen LogP contribution in [0.4, 0.5) is 5.82 Å². The molecule has 0 amide bonds. The molecule has 0 radical (unpaired) electrons. The number of hydrogen-bond acceptors (Lipinski definition) is 2. The van der Waals surface area contributed by atoms with E-state index in [0.29, 0.717) is 0 Å². The van der Waals surface area contributed by atoms with Crippen molar-refractivity contribution in [2.45, 2.75) is 58.3 Å². The van der Waals surface area contributed by atoms with Crippen LogP contribution in [-0.2, 0) is 12.8 Å². The monoisotopic (exact) mass is 297 g/mol. The summed E-state index contributed by atoms with van der Waals surface area (Å²) in [6.07, 6.45) is 10.0. The van der Waals surface area contributed by atoms with Crippen LogP contribution in [0.5, 0.6) is 0 Å². The highest BCUT2D eigenvalue weighted by molar-refractivity contribution is 5.54. The Labute approximate surface area is 133 Å². The number of unbranched alkanes of at least 4 members (excludes halogenated alkanes) is 3. The predicted molar refractivity (Wildman–Crippen MR) is 92.8 cm³/mol. The van der Waals surface area contributed by atoms with E-state index in [4.69, 9.17) is 5.10 Å². The number of fused-ring (bicyclic) bond motifs is 1. The van der Waals surface area contributed by atoms with Crippen LogP contribution in [0.1, 0.15) is 56.7 Å². The lowest BCUT2D eigenvalue weighted by Gasteiger charge is -2.14. The summed E-state index contributed by atoms with van der Waals surface area (Å²) in [5.41, 5.74) is 3.91. The van der Waals surface area contributed by atoms with Crippen LogP contribution >= 0.6 is 0 Å². The molecule has 0 aliphatic heterocycles. The van der Waals surface area contributed by atoms with Crippen LogP contribution in [0.15, 0.2) is 30.3 Å². The summed E-state index contributed by atoms with van der Waals surface area (Å²) >= 11 is 0. The molecule has 0 bridgehead atoms. The zero-order valence-electron chi connectivity index (χ0n) is 13.6. The number of para-hydroxylation sites is 1. The Bertz CT molecular complexity index is 586. The SMILES string of the molecule is CCCCCCNc1c2c(nn1-c1ccccc1)CCCC2. The number of anilines is 1. The largest absolute Gasteiger partial charge is 0.370 e. The average molecular weight is 297 g/mol. The molecule has 0 spiro atoms. The molecule has 0 saturated carbocycles. The fourth-order valence-corrected chi connectivity index (χ4v) is 3.25. The van der Waals surface area contributed by atoms with Crippen LogP contribution in [-0.4, -0.2) is 16.3 Å². The fourth-order valence-electron chi connectivity index (χ4n) is 3.25. The van der Waals surface area contributed by atoms with Gasteiger partial charge in [0.15, 0.2) is 0 Å². The number of hydrogen-bond donors (Lipinski definition) is 1. The fraction of sp³-hybridized carbons (Fsp3) is 0.526. The van der Waals surface area contributed by atoms with Crippen LogP contribution in [0.25, 0.3) is 5.69 Å². The molecule has 0 atom stereocenters. The van der Waals surface area contributed by atoms with Crippen molar-refractivity contribution in [3.8, 4) is 5.69 Å². The van der Waals surface area contributed by atoms with Crippen molar-refractivity contribution in [3.05, 3.63) is 41.6 Å². The van der Waals surface area contributed by atoms with Gasteiger partial charge in [0, 0.05) is 12.1 Å². The van der Waals surface area contributed by atoms with Crippen LogP contribution < -0.4 is 5.32 Å². The maximum Gasteiger partial charge on any atom is 0.133 e. The van der Waals surface area contributed by atoms with E-state index in [-0.39, 0.29) is 0 Å². The zero-order valence-corrected chi connectivity index (χ0v) is 13.6. The number of rotatable bonds is 7. The molecule has 1 aliphatic rings. The predicted octanol–water partition coefficient (Wildman–Crippen LogP) is 4.74. The number of aromatic nitrogens is 2. The summed E-state index contributed by atoms with van der Waals surface area (Å²) in [6.45, 7) is 3.30. The molecule has 118 valence electrons. The van der Waals surface area contributed by atoms with Gasteiger partial charge < -0.3 is 5.32 Å². The molecule has 3 nitrogen and oxygen atoms in total. The summed E-state index contributed by atoms with van der Waals surface area (Å²) in [5, 5.41) is 8.57. The molecule has 22 heavy (non-hydrogen) atoms. The highest BCUT2D eigenvalue weighted by atomic mass is 15.3. The molecule has 1 aromatic heterocycles. The third-order valence-corrected chi connectivity index (χ3v) is 4.48. The maximum absolute atomic E-state index is 4.89. The van der Waals surface area contributed by atoms with Crippen LogP contribution in [0.2, 0.25) is 0 Å². The van der Waals surface area contributed by atoms with Gasteiger partial charge >= 0.3 is 0 Å². The molecule has 0 unspecified atom stereocenters. The minimum absolute atomic E-state index is 1.05. The molecule has 1 N–H and O–H groups in total. The van der Waals surface area contributed by atoms with Gasteiger partial charge in [0.2, 0.25) is 0 Å². The molecule has 3 heteroatoms. The van der Waals surface area contributed by atoms with E-state index < -0.39 is 0 Å². The Kier molecular flexibility index (Phi) is 5.15. The van der Waals surface area contributed by atoms with Crippen molar-refractivity contribution in [2.24, 2.45) is 0 Å². The normalized spacial score (nSPS) is 13.9.